The van der Waals surface area contributed by atoms with Crippen molar-refractivity contribution in [3.63, 3.8) is 0 Å². The van der Waals surface area contributed by atoms with Crippen molar-refractivity contribution >= 4 is 0 Å². The summed E-state index contributed by atoms with van der Waals surface area (Å²) in [5, 5.41) is 3.35. The zero-order chi connectivity index (χ0) is 17.9. The van der Waals surface area contributed by atoms with Crippen LogP contribution in [-0.4, -0.2) is 19.8 Å². The number of aryl methyl sites for hydroxylation is 1. The van der Waals surface area contributed by atoms with Crippen molar-refractivity contribution in [3.8, 4) is 0 Å². The molecule has 136 valence electrons. The maximum atomic E-state index is 13.1. The predicted octanol–water partition coefficient (Wildman–Crippen LogP) is 4.44. The number of benzene rings is 1. The van der Waals surface area contributed by atoms with Gasteiger partial charge in [-0.15, -0.1) is 0 Å². The Morgan fingerprint density at radius 1 is 1.12 bits per heavy atom. The fourth-order valence-corrected chi connectivity index (χ4v) is 3.36. The van der Waals surface area contributed by atoms with Gasteiger partial charge in [0, 0.05) is 25.2 Å². The number of nitrogens with one attached hydrogen (secondary N) is 1. The molecule has 3 nitrogen and oxygen atoms in total. The molecule has 0 atom stereocenters. The Balaban J connectivity index is 1.78. The second-order valence-electron chi connectivity index (χ2n) is 6.59. The van der Waals surface area contributed by atoms with Crippen LogP contribution in [0.3, 0.4) is 0 Å². The summed E-state index contributed by atoms with van der Waals surface area (Å²) in [5.41, 5.74) is -0.243. The topological polar surface area (TPSA) is 34.4 Å². The second kappa shape index (κ2) is 7.22. The molecule has 0 bridgehead atoms. The third-order valence-corrected chi connectivity index (χ3v) is 4.81. The number of halogens is 3. The molecule has 1 fully saturated rings. The van der Waals surface area contributed by atoms with E-state index in [0.29, 0.717) is 44.7 Å². The van der Waals surface area contributed by atoms with Gasteiger partial charge in [-0.25, -0.2) is 0 Å². The van der Waals surface area contributed by atoms with Gasteiger partial charge in [-0.1, -0.05) is 18.2 Å². The lowest BCUT2D eigenvalue weighted by Crippen LogP contribution is -2.42. The monoisotopic (exact) mass is 353 g/mol. The van der Waals surface area contributed by atoms with Crippen molar-refractivity contribution in [2.24, 2.45) is 0 Å². The zero-order valence-electron chi connectivity index (χ0n) is 14.2. The van der Waals surface area contributed by atoms with Crippen LogP contribution in [0.4, 0.5) is 13.2 Å². The van der Waals surface area contributed by atoms with E-state index in [4.69, 9.17) is 9.15 Å². The Kier molecular flexibility index (Phi) is 5.20. The molecule has 0 unspecified atom stereocenters. The van der Waals surface area contributed by atoms with Crippen LogP contribution in [0.5, 0.6) is 0 Å². The first-order valence-electron chi connectivity index (χ1n) is 8.41. The lowest BCUT2D eigenvalue weighted by atomic mass is 9.73. The van der Waals surface area contributed by atoms with Gasteiger partial charge >= 0.3 is 6.18 Å². The molecule has 2 aromatic rings. The maximum Gasteiger partial charge on any atom is 0.416 e. The van der Waals surface area contributed by atoms with Crippen LogP contribution >= 0.6 is 0 Å². The van der Waals surface area contributed by atoms with E-state index < -0.39 is 11.7 Å². The molecule has 25 heavy (non-hydrogen) atoms. The van der Waals surface area contributed by atoms with Crippen molar-refractivity contribution in [3.05, 3.63) is 59.0 Å². The number of furan rings is 1. The molecule has 1 aliphatic heterocycles. The molecule has 0 amide bonds. The fourth-order valence-electron chi connectivity index (χ4n) is 3.36. The summed E-state index contributed by atoms with van der Waals surface area (Å²) in [4.78, 5) is 0. The van der Waals surface area contributed by atoms with E-state index in [1.165, 1.54) is 12.1 Å². The van der Waals surface area contributed by atoms with E-state index in [1.807, 2.05) is 19.1 Å². The Hall–Kier alpha value is -1.79. The molecule has 1 N–H and O–H groups in total. The minimum atomic E-state index is -4.33. The van der Waals surface area contributed by atoms with E-state index in [0.717, 1.165) is 17.6 Å². The van der Waals surface area contributed by atoms with Gasteiger partial charge < -0.3 is 14.5 Å². The molecule has 1 aliphatic rings. The van der Waals surface area contributed by atoms with Gasteiger partial charge in [0.15, 0.2) is 0 Å². The minimum absolute atomic E-state index is 0.360. The molecule has 1 aromatic heterocycles. The smallest absolute Gasteiger partial charge is 0.416 e. The molecular formula is C19H22F3NO2. The largest absolute Gasteiger partial charge is 0.465 e. The molecule has 0 spiro atoms. The molecule has 0 radical (unpaired) electrons. The SMILES string of the molecule is Cc1ccc(CNCC2(c3cccc(C(F)(F)F)c3)CCOCC2)o1. The van der Waals surface area contributed by atoms with E-state index in [-0.39, 0.29) is 5.41 Å². The summed E-state index contributed by atoms with van der Waals surface area (Å²) in [6.07, 6.45) is -2.95. The first-order valence-corrected chi connectivity index (χ1v) is 8.41. The molecule has 1 aromatic carbocycles. The predicted molar refractivity (Wildman–Crippen MR) is 88.3 cm³/mol. The number of alkyl halides is 3. The summed E-state index contributed by atoms with van der Waals surface area (Å²) in [5.74, 6) is 1.67. The van der Waals surface area contributed by atoms with E-state index in [2.05, 4.69) is 5.32 Å². The first-order chi connectivity index (χ1) is 11.9. The quantitative estimate of drug-likeness (QED) is 0.863. The Labute approximate surface area is 145 Å². The van der Waals surface area contributed by atoms with Crippen LogP contribution < -0.4 is 5.32 Å². The standard InChI is InChI=1S/C19H22F3NO2/c1-14-5-6-17(25-14)12-23-13-18(7-9-24-10-8-18)15-3-2-4-16(11-15)19(20,21)22/h2-6,11,23H,7-10,12-13H2,1H3. The number of ether oxygens (including phenoxy) is 1. The molecule has 2 heterocycles. The molecule has 0 saturated carbocycles. The minimum Gasteiger partial charge on any atom is -0.465 e. The van der Waals surface area contributed by atoms with Gasteiger partial charge in [-0.2, -0.15) is 13.2 Å². The summed E-state index contributed by atoms with van der Waals surface area (Å²) >= 11 is 0. The van der Waals surface area contributed by atoms with Gasteiger partial charge in [0.2, 0.25) is 0 Å². The molecular weight excluding hydrogens is 331 g/mol. The highest BCUT2D eigenvalue weighted by Crippen LogP contribution is 2.37. The summed E-state index contributed by atoms with van der Waals surface area (Å²) in [6.45, 7) is 4.12. The fraction of sp³-hybridized carbons (Fsp3) is 0.474. The van der Waals surface area contributed by atoms with Gasteiger partial charge in [0.05, 0.1) is 12.1 Å². The maximum absolute atomic E-state index is 13.1. The Bertz CT molecular complexity index is 703. The first kappa shape index (κ1) is 18.0. The van der Waals surface area contributed by atoms with E-state index in [1.54, 1.807) is 6.07 Å². The van der Waals surface area contributed by atoms with E-state index in [9.17, 15) is 13.2 Å². The van der Waals surface area contributed by atoms with Crippen molar-refractivity contribution in [2.75, 3.05) is 19.8 Å². The van der Waals surface area contributed by atoms with Crippen LogP contribution in [0.1, 0.15) is 35.5 Å². The molecule has 1 saturated heterocycles. The highest BCUT2D eigenvalue weighted by molar-refractivity contribution is 5.32. The Morgan fingerprint density at radius 3 is 2.52 bits per heavy atom. The average molecular weight is 353 g/mol. The van der Waals surface area contributed by atoms with Crippen LogP contribution in [0, 0.1) is 6.92 Å². The number of hydrogen-bond donors (Lipinski definition) is 1. The molecule has 6 heteroatoms. The number of rotatable bonds is 5. The van der Waals surface area contributed by atoms with Gasteiger partial charge in [-0.05, 0) is 43.5 Å². The van der Waals surface area contributed by atoms with Crippen molar-refractivity contribution in [1.82, 2.24) is 5.32 Å². The normalized spacial score (nSPS) is 17.6. The number of hydrogen-bond acceptors (Lipinski definition) is 3. The van der Waals surface area contributed by atoms with Crippen molar-refractivity contribution in [2.45, 2.75) is 37.9 Å². The zero-order valence-corrected chi connectivity index (χ0v) is 14.2. The van der Waals surface area contributed by atoms with Crippen LogP contribution in [0.2, 0.25) is 0 Å². The molecule has 3 rings (SSSR count). The van der Waals surface area contributed by atoms with Crippen molar-refractivity contribution < 1.29 is 22.3 Å². The van der Waals surface area contributed by atoms with Gasteiger partial charge in [0.25, 0.3) is 0 Å². The summed E-state index contributed by atoms with van der Waals surface area (Å²) in [6, 6.07) is 9.49. The Morgan fingerprint density at radius 2 is 1.88 bits per heavy atom. The summed E-state index contributed by atoms with van der Waals surface area (Å²) < 4.78 is 50.2. The third-order valence-electron chi connectivity index (χ3n) is 4.81. The van der Waals surface area contributed by atoms with Gasteiger partial charge in [0.1, 0.15) is 11.5 Å². The van der Waals surface area contributed by atoms with Crippen LogP contribution in [0.25, 0.3) is 0 Å². The third kappa shape index (κ3) is 4.25. The second-order valence-corrected chi connectivity index (χ2v) is 6.59. The summed E-state index contributed by atoms with van der Waals surface area (Å²) in [7, 11) is 0. The lowest BCUT2D eigenvalue weighted by Gasteiger charge is -2.38. The average Bonchev–Trinajstić information content (AvgIpc) is 3.00. The molecule has 0 aliphatic carbocycles. The van der Waals surface area contributed by atoms with Crippen molar-refractivity contribution in [1.29, 1.82) is 0 Å². The van der Waals surface area contributed by atoms with E-state index >= 15 is 0 Å². The highest BCUT2D eigenvalue weighted by atomic mass is 19.4. The van der Waals surface area contributed by atoms with Gasteiger partial charge in [-0.3, -0.25) is 0 Å². The highest BCUT2D eigenvalue weighted by Gasteiger charge is 2.37. The van der Waals surface area contributed by atoms with Crippen LogP contribution in [0.15, 0.2) is 40.8 Å². The van der Waals surface area contributed by atoms with Crippen LogP contribution in [-0.2, 0) is 22.9 Å². The lowest BCUT2D eigenvalue weighted by molar-refractivity contribution is -0.137.